The standard InChI is InChI=1S/C17H21NO3/c1-3-9-21-15-7-5-13(6-8-15)17(19)14-10-16(20-4-2)12-18-11-14/h5-8,10-12,17,19H,3-4,9H2,1-2H3. The van der Waals surface area contributed by atoms with Gasteiger partial charge in [0, 0.05) is 11.8 Å². The lowest BCUT2D eigenvalue weighted by atomic mass is 10.0. The highest BCUT2D eigenvalue weighted by Gasteiger charge is 2.12. The summed E-state index contributed by atoms with van der Waals surface area (Å²) in [5, 5.41) is 10.4. The van der Waals surface area contributed by atoms with Crippen LogP contribution in [0.4, 0.5) is 0 Å². The second kappa shape index (κ2) is 7.64. The Hall–Kier alpha value is -2.07. The fourth-order valence-corrected chi connectivity index (χ4v) is 1.99. The summed E-state index contributed by atoms with van der Waals surface area (Å²) >= 11 is 0. The third kappa shape index (κ3) is 4.20. The lowest BCUT2D eigenvalue weighted by Gasteiger charge is -2.13. The molecule has 1 N–H and O–H groups in total. The van der Waals surface area contributed by atoms with E-state index in [1.165, 1.54) is 0 Å². The van der Waals surface area contributed by atoms with Crippen molar-refractivity contribution in [2.24, 2.45) is 0 Å². The van der Waals surface area contributed by atoms with Gasteiger partial charge in [-0.2, -0.15) is 0 Å². The lowest BCUT2D eigenvalue weighted by Crippen LogP contribution is -2.02. The van der Waals surface area contributed by atoms with Gasteiger partial charge in [0.25, 0.3) is 0 Å². The molecule has 1 heterocycles. The van der Waals surface area contributed by atoms with E-state index in [1.54, 1.807) is 12.4 Å². The van der Waals surface area contributed by atoms with Gasteiger partial charge in [0.2, 0.25) is 0 Å². The minimum Gasteiger partial charge on any atom is -0.494 e. The van der Waals surface area contributed by atoms with E-state index in [0.29, 0.717) is 24.5 Å². The van der Waals surface area contributed by atoms with Crippen LogP contribution in [0.2, 0.25) is 0 Å². The summed E-state index contributed by atoms with van der Waals surface area (Å²) in [6.45, 7) is 5.25. The number of pyridine rings is 1. The molecular weight excluding hydrogens is 266 g/mol. The molecule has 1 aromatic carbocycles. The summed E-state index contributed by atoms with van der Waals surface area (Å²) < 4.78 is 10.9. The van der Waals surface area contributed by atoms with Crippen LogP contribution in [-0.2, 0) is 0 Å². The monoisotopic (exact) mass is 287 g/mol. The van der Waals surface area contributed by atoms with Crippen molar-refractivity contribution in [1.29, 1.82) is 0 Å². The second-order valence-corrected chi connectivity index (χ2v) is 4.71. The third-order valence-corrected chi connectivity index (χ3v) is 3.03. The Labute approximate surface area is 125 Å². The maximum absolute atomic E-state index is 10.4. The van der Waals surface area contributed by atoms with Crippen LogP contribution >= 0.6 is 0 Å². The molecule has 0 amide bonds. The Morgan fingerprint density at radius 1 is 1.00 bits per heavy atom. The van der Waals surface area contributed by atoms with Crippen molar-refractivity contribution in [3.63, 3.8) is 0 Å². The van der Waals surface area contributed by atoms with Gasteiger partial charge in [-0.15, -0.1) is 0 Å². The zero-order chi connectivity index (χ0) is 15.1. The Morgan fingerprint density at radius 3 is 2.43 bits per heavy atom. The number of aromatic nitrogens is 1. The number of nitrogens with zero attached hydrogens (tertiary/aromatic N) is 1. The highest BCUT2D eigenvalue weighted by Crippen LogP contribution is 2.25. The molecule has 0 bridgehead atoms. The first-order valence-corrected chi connectivity index (χ1v) is 7.23. The first-order valence-electron chi connectivity index (χ1n) is 7.23. The van der Waals surface area contributed by atoms with E-state index in [1.807, 2.05) is 37.3 Å². The van der Waals surface area contributed by atoms with Gasteiger partial charge in [0.15, 0.2) is 0 Å². The SMILES string of the molecule is CCCOc1ccc(C(O)c2cncc(OCC)c2)cc1. The molecule has 112 valence electrons. The summed E-state index contributed by atoms with van der Waals surface area (Å²) in [7, 11) is 0. The van der Waals surface area contributed by atoms with E-state index in [9.17, 15) is 5.11 Å². The van der Waals surface area contributed by atoms with Gasteiger partial charge in [-0.3, -0.25) is 4.98 Å². The largest absolute Gasteiger partial charge is 0.494 e. The Kier molecular flexibility index (Phi) is 5.58. The van der Waals surface area contributed by atoms with E-state index < -0.39 is 6.10 Å². The van der Waals surface area contributed by atoms with Gasteiger partial charge in [-0.05, 0) is 37.1 Å². The van der Waals surface area contributed by atoms with Crippen molar-refractivity contribution in [2.75, 3.05) is 13.2 Å². The predicted molar refractivity (Wildman–Crippen MR) is 81.7 cm³/mol. The number of hydrogen-bond acceptors (Lipinski definition) is 4. The van der Waals surface area contributed by atoms with Crippen molar-refractivity contribution in [3.8, 4) is 11.5 Å². The molecule has 0 saturated carbocycles. The smallest absolute Gasteiger partial charge is 0.137 e. The molecule has 0 radical (unpaired) electrons. The van der Waals surface area contributed by atoms with E-state index >= 15 is 0 Å². The van der Waals surface area contributed by atoms with Crippen LogP contribution in [-0.4, -0.2) is 23.3 Å². The van der Waals surface area contributed by atoms with Crippen molar-refractivity contribution in [1.82, 2.24) is 4.98 Å². The highest BCUT2D eigenvalue weighted by atomic mass is 16.5. The number of ether oxygens (including phenoxy) is 2. The maximum atomic E-state index is 10.4. The maximum Gasteiger partial charge on any atom is 0.137 e. The van der Waals surface area contributed by atoms with Gasteiger partial charge in [0.05, 0.1) is 19.4 Å². The van der Waals surface area contributed by atoms with E-state index in [4.69, 9.17) is 9.47 Å². The average molecular weight is 287 g/mol. The van der Waals surface area contributed by atoms with Crippen LogP contribution in [0, 0.1) is 0 Å². The van der Waals surface area contributed by atoms with E-state index in [-0.39, 0.29) is 0 Å². The number of benzene rings is 1. The van der Waals surface area contributed by atoms with Crippen LogP contribution in [0.25, 0.3) is 0 Å². The van der Waals surface area contributed by atoms with Crippen molar-refractivity contribution < 1.29 is 14.6 Å². The molecule has 2 rings (SSSR count). The van der Waals surface area contributed by atoms with Crippen molar-refractivity contribution >= 4 is 0 Å². The summed E-state index contributed by atoms with van der Waals surface area (Å²) in [5.41, 5.74) is 1.51. The number of aliphatic hydroxyl groups excluding tert-OH is 1. The first-order chi connectivity index (χ1) is 10.2. The molecule has 2 aromatic rings. The van der Waals surface area contributed by atoms with Crippen LogP contribution in [0.1, 0.15) is 37.5 Å². The number of aliphatic hydroxyl groups is 1. The molecule has 0 aliphatic heterocycles. The van der Waals surface area contributed by atoms with Crippen LogP contribution in [0.15, 0.2) is 42.7 Å². The van der Waals surface area contributed by atoms with Crippen LogP contribution < -0.4 is 9.47 Å². The zero-order valence-corrected chi connectivity index (χ0v) is 12.5. The van der Waals surface area contributed by atoms with Crippen molar-refractivity contribution in [2.45, 2.75) is 26.4 Å². The molecule has 0 aliphatic carbocycles. The molecule has 21 heavy (non-hydrogen) atoms. The predicted octanol–water partition coefficient (Wildman–Crippen LogP) is 3.35. The molecule has 1 unspecified atom stereocenters. The van der Waals surface area contributed by atoms with Crippen LogP contribution in [0.3, 0.4) is 0 Å². The van der Waals surface area contributed by atoms with Gasteiger partial charge in [0.1, 0.15) is 17.6 Å². The minimum atomic E-state index is -0.724. The Balaban J connectivity index is 2.11. The van der Waals surface area contributed by atoms with Gasteiger partial charge in [-0.25, -0.2) is 0 Å². The Morgan fingerprint density at radius 2 is 1.76 bits per heavy atom. The number of hydrogen-bond donors (Lipinski definition) is 1. The summed E-state index contributed by atoms with van der Waals surface area (Å²) in [6.07, 6.45) is 3.54. The van der Waals surface area contributed by atoms with Gasteiger partial charge in [-0.1, -0.05) is 19.1 Å². The lowest BCUT2D eigenvalue weighted by molar-refractivity contribution is 0.218. The highest BCUT2D eigenvalue weighted by molar-refractivity contribution is 5.35. The molecule has 4 nitrogen and oxygen atoms in total. The summed E-state index contributed by atoms with van der Waals surface area (Å²) in [5.74, 6) is 1.48. The summed E-state index contributed by atoms with van der Waals surface area (Å²) in [4.78, 5) is 4.10. The minimum absolute atomic E-state index is 0.574. The Bertz CT molecular complexity index is 554. The molecule has 0 aliphatic rings. The third-order valence-electron chi connectivity index (χ3n) is 3.03. The van der Waals surface area contributed by atoms with Crippen LogP contribution in [0.5, 0.6) is 11.5 Å². The van der Waals surface area contributed by atoms with E-state index in [0.717, 1.165) is 17.7 Å². The molecule has 0 fully saturated rings. The molecule has 1 atom stereocenters. The fraction of sp³-hybridized carbons (Fsp3) is 0.353. The molecule has 1 aromatic heterocycles. The number of rotatable bonds is 7. The molecular formula is C17H21NO3. The topological polar surface area (TPSA) is 51.6 Å². The quantitative estimate of drug-likeness (QED) is 0.848. The fourth-order valence-electron chi connectivity index (χ4n) is 1.99. The first kappa shape index (κ1) is 15.3. The average Bonchev–Trinajstić information content (AvgIpc) is 2.53. The zero-order valence-electron chi connectivity index (χ0n) is 12.5. The van der Waals surface area contributed by atoms with Gasteiger partial charge >= 0.3 is 0 Å². The van der Waals surface area contributed by atoms with Gasteiger partial charge < -0.3 is 14.6 Å². The molecule has 0 spiro atoms. The second-order valence-electron chi connectivity index (χ2n) is 4.71. The molecule has 0 saturated heterocycles. The normalized spacial score (nSPS) is 12.0. The van der Waals surface area contributed by atoms with Crippen molar-refractivity contribution in [3.05, 3.63) is 53.9 Å². The summed E-state index contributed by atoms with van der Waals surface area (Å²) in [6, 6.07) is 9.27. The van der Waals surface area contributed by atoms with E-state index in [2.05, 4.69) is 11.9 Å². The molecule has 4 heteroatoms.